The molecule has 0 aliphatic heterocycles. The molecule has 136 valence electrons. The van der Waals surface area contributed by atoms with Gasteiger partial charge in [0.05, 0.1) is 10.4 Å². The summed E-state index contributed by atoms with van der Waals surface area (Å²) in [5.74, 6) is 0. The van der Waals surface area contributed by atoms with Gasteiger partial charge in [-0.05, 0) is 42.0 Å². The van der Waals surface area contributed by atoms with Gasteiger partial charge in [-0.15, -0.1) is 11.3 Å². The Morgan fingerprint density at radius 3 is 2.23 bits per heavy atom. The van der Waals surface area contributed by atoms with Crippen molar-refractivity contribution in [2.75, 3.05) is 11.9 Å². The molecule has 1 heterocycles. The molecule has 0 aliphatic rings. The molecule has 2 aromatic carbocycles. The van der Waals surface area contributed by atoms with E-state index in [9.17, 15) is 8.42 Å². The number of benzene rings is 2. The molecule has 0 radical (unpaired) electrons. The van der Waals surface area contributed by atoms with Gasteiger partial charge in [0.2, 0.25) is 10.0 Å². The van der Waals surface area contributed by atoms with Crippen molar-refractivity contribution < 1.29 is 8.42 Å². The summed E-state index contributed by atoms with van der Waals surface area (Å²) in [7, 11) is -3.62. The van der Waals surface area contributed by atoms with Crippen molar-refractivity contribution in [1.82, 2.24) is 4.72 Å². The smallest absolute Gasteiger partial charge is 0.250 e. The van der Waals surface area contributed by atoms with Crippen LogP contribution in [0.1, 0.15) is 11.6 Å². The van der Waals surface area contributed by atoms with Crippen molar-refractivity contribution in [2.24, 2.45) is 0 Å². The number of hydrogen-bond acceptors (Lipinski definition) is 4. The van der Waals surface area contributed by atoms with Crippen LogP contribution >= 0.6 is 34.5 Å². The maximum Gasteiger partial charge on any atom is 0.250 e. The lowest BCUT2D eigenvalue weighted by atomic mass is 10.1. The number of nitrogens with one attached hydrogen (secondary N) is 2. The number of sulfonamides is 1. The standard InChI is InChI=1S/C18H16Cl2N2O2S2/c19-14-6-8-15(9-7-14)22-16(13-4-2-1-3-5-13)12-21-26(23,24)18-11-10-17(20)25-18/h1-11,16,21-22H,12H2/t16-/m1/s1. The molecule has 0 aliphatic carbocycles. The maximum absolute atomic E-state index is 12.5. The molecule has 3 aromatic rings. The van der Waals surface area contributed by atoms with Crippen molar-refractivity contribution in [2.45, 2.75) is 10.3 Å². The zero-order chi connectivity index (χ0) is 18.6. The van der Waals surface area contributed by atoms with Crippen molar-refractivity contribution in [3.63, 3.8) is 0 Å². The molecule has 0 saturated heterocycles. The number of halogens is 2. The van der Waals surface area contributed by atoms with Gasteiger partial charge < -0.3 is 5.32 Å². The fourth-order valence-electron chi connectivity index (χ4n) is 2.39. The maximum atomic E-state index is 12.5. The SMILES string of the molecule is O=S(=O)(NC[C@@H](Nc1ccc(Cl)cc1)c1ccccc1)c1ccc(Cl)s1. The van der Waals surface area contributed by atoms with Gasteiger partial charge in [-0.2, -0.15) is 0 Å². The highest BCUT2D eigenvalue weighted by atomic mass is 35.5. The van der Waals surface area contributed by atoms with Crippen molar-refractivity contribution in [3.8, 4) is 0 Å². The van der Waals surface area contributed by atoms with Crippen molar-refractivity contribution >= 4 is 50.2 Å². The Labute approximate surface area is 166 Å². The Balaban J connectivity index is 1.78. The highest BCUT2D eigenvalue weighted by molar-refractivity contribution is 7.91. The molecule has 1 aromatic heterocycles. The first-order valence-corrected chi connectivity index (χ1v) is 10.8. The Morgan fingerprint density at radius 2 is 1.62 bits per heavy atom. The fourth-order valence-corrected chi connectivity index (χ4v) is 5.09. The molecule has 2 N–H and O–H groups in total. The van der Waals surface area contributed by atoms with Crippen molar-refractivity contribution in [1.29, 1.82) is 0 Å². The average molecular weight is 427 g/mol. The van der Waals surface area contributed by atoms with E-state index >= 15 is 0 Å². The molecule has 0 bridgehead atoms. The summed E-state index contributed by atoms with van der Waals surface area (Å²) in [6, 6.07) is 19.7. The first-order valence-electron chi connectivity index (χ1n) is 7.76. The lowest BCUT2D eigenvalue weighted by molar-refractivity contribution is 0.578. The summed E-state index contributed by atoms with van der Waals surface area (Å²) < 4.78 is 28.2. The molecule has 26 heavy (non-hydrogen) atoms. The van der Waals surface area contributed by atoms with E-state index in [-0.39, 0.29) is 16.8 Å². The number of thiophene rings is 1. The lowest BCUT2D eigenvalue weighted by Gasteiger charge is -2.21. The van der Waals surface area contributed by atoms with Gasteiger partial charge >= 0.3 is 0 Å². The predicted octanol–water partition coefficient (Wildman–Crippen LogP) is 5.19. The van der Waals surface area contributed by atoms with Gasteiger partial charge in [0.25, 0.3) is 0 Å². The minimum Gasteiger partial charge on any atom is -0.377 e. The van der Waals surface area contributed by atoms with Crippen LogP contribution in [0.3, 0.4) is 0 Å². The van der Waals surface area contributed by atoms with E-state index in [0.717, 1.165) is 22.6 Å². The quantitative estimate of drug-likeness (QED) is 0.546. The molecule has 0 fully saturated rings. The summed E-state index contributed by atoms with van der Waals surface area (Å²) in [4.78, 5) is 0. The van der Waals surface area contributed by atoms with Crippen LogP contribution in [0.2, 0.25) is 9.36 Å². The minimum absolute atomic E-state index is 0.185. The van der Waals surface area contributed by atoms with Gasteiger partial charge in [-0.25, -0.2) is 13.1 Å². The van der Waals surface area contributed by atoms with E-state index in [1.165, 1.54) is 6.07 Å². The third-order valence-corrected chi connectivity index (χ3v) is 7.08. The first-order chi connectivity index (χ1) is 12.4. The number of anilines is 1. The fraction of sp³-hybridized carbons (Fsp3) is 0.111. The third kappa shape index (κ3) is 4.99. The second kappa shape index (κ2) is 8.41. The van der Waals surface area contributed by atoms with E-state index in [4.69, 9.17) is 23.2 Å². The zero-order valence-corrected chi connectivity index (χ0v) is 16.7. The normalized spacial score (nSPS) is 12.7. The number of hydrogen-bond donors (Lipinski definition) is 2. The predicted molar refractivity (Wildman–Crippen MR) is 109 cm³/mol. The van der Waals surface area contributed by atoms with Crippen LogP contribution in [-0.2, 0) is 10.0 Å². The summed E-state index contributed by atoms with van der Waals surface area (Å²) >= 11 is 12.8. The van der Waals surface area contributed by atoms with Gasteiger partial charge in [0, 0.05) is 17.3 Å². The Hall–Kier alpha value is -1.57. The van der Waals surface area contributed by atoms with Crippen LogP contribution < -0.4 is 10.0 Å². The zero-order valence-electron chi connectivity index (χ0n) is 13.5. The van der Waals surface area contributed by atoms with Crippen LogP contribution in [0.5, 0.6) is 0 Å². The molecular weight excluding hydrogens is 411 g/mol. The molecule has 1 atom stereocenters. The molecule has 0 spiro atoms. The molecule has 8 heteroatoms. The van der Waals surface area contributed by atoms with Crippen molar-refractivity contribution in [3.05, 3.63) is 81.7 Å². The lowest BCUT2D eigenvalue weighted by Crippen LogP contribution is -2.31. The summed E-state index contributed by atoms with van der Waals surface area (Å²) in [5.41, 5.74) is 1.82. The highest BCUT2D eigenvalue weighted by Crippen LogP contribution is 2.26. The second-order valence-corrected chi connectivity index (χ2v) is 9.67. The van der Waals surface area contributed by atoms with Crippen LogP contribution in [0.4, 0.5) is 5.69 Å². The van der Waals surface area contributed by atoms with Crippen LogP contribution in [0.15, 0.2) is 70.9 Å². The molecule has 0 amide bonds. The summed E-state index contributed by atoms with van der Waals surface area (Å²) in [6.07, 6.45) is 0. The number of rotatable bonds is 7. The molecule has 4 nitrogen and oxygen atoms in total. The summed E-state index contributed by atoms with van der Waals surface area (Å²) in [5, 5.41) is 3.98. The van der Waals surface area contributed by atoms with Gasteiger partial charge in [0.1, 0.15) is 4.21 Å². The first kappa shape index (κ1) is 19.2. The Morgan fingerprint density at radius 1 is 0.923 bits per heavy atom. The van der Waals surface area contributed by atoms with E-state index in [0.29, 0.717) is 9.36 Å². The second-order valence-electron chi connectivity index (χ2n) is 5.52. The van der Waals surface area contributed by atoms with Gasteiger partial charge in [0.15, 0.2) is 0 Å². The van der Waals surface area contributed by atoms with Crippen LogP contribution in [0, 0.1) is 0 Å². The van der Waals surface area contributed by atoms with Crippen LogP contribution in [0.25, 0.3) is 0 Å². The monoisotopic (exact) mass is 426 g/mol. The van der Waals surface area contributed by atoms with E-state index < -0.39 is 10.0 Å². The molecule has 0 unspecified atom stereocenters. The molecule has 3 rings (SSSR count). The average Bonchev–Trinajstić information content (AvgIpc) is 3.08. The van der Waals surface area contributed by atoms with Crippen LogP contribution in [-0.4, -0.2) is 15.0 Å². The Kier molecular flexibility index (Phi) is 6.21. The third-order valence-electron chi connectivity index (χ3n) is 3.68. The van der Waals surface area contributed by atoms with Gasteiger partial charge in [-0.1, -0.05) is 53.5 Å². The Bertz CT molecular complexity index is 958. The molecular formula is C18H16Cl2N2O2S2. The highest BCUT2D eigenvalue weighted by Gasteiger charge is 2.20. The topological polar surface area (TPSA) is 58.2 Å². The van der Waals surface area contributed by atoms with E-state index in [1.54, 1.807) is 18.2 Å². The van der Waals surface area contributed by atoms with E-state index in [2.05, 4.69) is 10.0 Å². The minimum atomic E-state index is -3.62. The molecule has 0 saturated carbocycles. The van der Waals surface area contributed by atoms with Gasteiger partial charge in [-0.3, -0.25) is 0 Å². The van der Waals surface area contributed by atoms with E-state index in [1.807, 2.05) is 42.5 Å². The largest absolute Gasteiger partial charge is 0.377 e. The summed E-state index contributed by atoms with van der Waals surface area (Å²) in [6.45, 7) is 0.185.